The second-order valence-electron chi connectivity index (χ2n) is 3.62. The molecule has 1 aliphatic heterocycles. The van der Waals surface area contributed by atoms with E-state index in [4.69, 9.17) is 0 Å². The van der Waals surface area contributed by atoms with Crippen LogP contribution in [0.4, 0.5) is 5.69 Å². The minimum Gasteiger partial charge on any atom is -0.304 e. The highest BCUT2D eigenvalue weighted by Gasteiger charge is 2.35. The van der Waals surface area contributed by atoms with Crippen LogP contribution in [0.1, 0.15) is 23.7 Å². The molecule has 4 heteroatoms. The first kappa shape index (κ1) is 11.9. The van der Waals surface area contributed by atoms with Crippen molar-refractivity contribution in [1.29, 1.82) is 0 Å². The predicted molar refractivity (Wildman–Crippen MR) is 68.9 cm³/mol. The van der Waals surface area contributed by atoms with E-state index in [0.29, 0.717) is 24.2 Å². The Labute approximate surface area is 108 Å². The summed E-state index contributed by atoms with van der Waals surface area (Å²) < 4.78 is 0.852. The van der Waals surface area contributed by atoms with Gasteiger partial charge in [-0.2, -0.15) is 0 Å². The van der Waals surface area contributed by atoms with Gasteiger partial charge in [-0.3, -0.25) is 9.59 Å². The van der Waals surface area contributed by atoms with Crippen molar-refractivity contribution in [2.24, 2.45) is 0 Å². The number of benzene rings is 1. The predicted octanol–water partition coefficient (Wildman–Crippen LogP) is 2.39. The molecule has 0 saturated carbocycles. The van der Waals surface area contributed by atoms with Crippen LogP contribution in [0.2, 0.25) is 0 Å². The molecular formula is C13H10BrNO2. The van der Waals surface area contributed by atoms with E-state index in [1.807, 2.05) is 0 Å². The van der Waals surface area contributed by atoms with Crippen LogP contribution in [0, 0.1) is 11.8 Å². The zero-order chi connectivity index (χ0) is 12.4. The molecule has 1 aromatic carbocycles. The van der Waals surface area contributed by atoms with Crippen molar-refractivity contribution in [2.75, 3.05) is 11.4 Å². The van der Waals surface area contributed by atoms with Crippen molar-refractivity contribution in [2.45, 2.75) is 13.3 Å². The van der Waals surface area contributed by atoms with E-state index in [0.717, 1.165) is 4.47 Å². The third kappa shape index (κ3) is 2.11. The van der Waals surface area contributed by atoms with E-state index in [1.54, 1.807) is 25.1 Å². The second-order valence-corrected chi connectivity index (χ2v) is 4.54. The minimum atomic E-state index is -0.462. The first-order chi connectivity index (χ1) is 8.15. The molecule has 1 aromatic rings. The summed E-state index contributed by atoms with van der Waals surface area (Å²) in [6.45, 7) is 2.20. The van der Waals surface area contributed by atoms with E-state index in [9.17, 15) is 9.59 Å². The zero-order valence-electron chi connectivity index (χ0n) is 9.29. The standard InChI is InChI=1S/C13H10BrNO2/c1-2-3-4-7-15-11-8-9(14)5-6-10(11)12(16)13(15)17/h5-6,8H,4,7H2,1H3. The lowest BCUT2D eigenvalue weighted by Gasteiger charge is -2.14. The average molecular weight is 292 g/mol. The van der Waals surface area contributed by atoms with Gasteiger partial charge in [-0.05, 0) is 25.1 Å². The Hall–Kier alpha value is -1.60. The molecule has 0 aromatic heterocycles. The summed E-state index contributed by atoms with van der Waals surface area (Å²) in [6, 6.07) is 5.22. The first-order valence-corrected chi connectivity index (χ1v) is 6.00. The molecule has 0 fully saturated rings. The number of amides is 1. The van der Waals surface area contributed by atoms with Crippen LogP contribution in [0.3, 0.4) is 0 Å². The van der Waals surface area contributed by atoms with Crippen LogP contribution < -0.4 is 4.90 Å². The van der Waals surface area contributed by atoms with Gasteiger partial charge >= 0.3 is 0 Å². The van der Waals surface area contributed by atoms with Crippen LogP contribution in [0.25, 0.3) is 0 Å². The summed E-state index contributed by atoms with van der Waals surface area (Å²) in [5.41, 5.74) is 1.15. The first-order valence-electron chi connectivity index (χ1n) is 5.20. The maximum absolute atomic E-state index is 11.8. The van der Waals surface area contributed by atoms with Crippen molar-refractivity contribution >= 4 is 33.3 Å². The summed E-state index contributed by atoms with van der Waals surface area (Å²) in [6.07, 6.45) is 0.571. The maximum atomic E-state index is 11.8. The smallest absolute Gasteiger partial charge is 0.299 e. The highest BCUT2D eigenvalue weighted by Crippen LogP contribution is 2.31. The molecule has 86 valence electrons. The third-order valence-electron chi connectivity index (χ3n) is 2.57. The lowest BCUT2D eigenvalue weighted by atomic mass is 10.1. The number of ketones is 1. The van der Waals surface area contributed by atoms with E-state index in [1.165, 1.54) is 4.90 Å². The normalized spacial score (nSPS) is 13.4. The topological polar surface area (TPSA) is 37.4 Å². The summed E-state index contributed by atoms with van der Waals surface area (Å²) in [5.74, 6) is 4.76. The quantitative estimate of drug-likeness (QED) is 0.620. The number of hydrogen-bond donors (Lipinski definition) is 0. The fourth-order valence-corrected chi connectivity index (χ4v) is 2.13. The lowest BCUT2D eigenvalue weighted by Crippen LogP contribution is -2.30. The molecule has 0 saturated heterocycles. The van der Waals surface area contributed by atoms with Crippen LogP contribution in [-0.2, 0) is 4.79 Å². The molecule has 3 nitrogen and oxygen atoms in total. The van der Waals surface area contributed by atoms with Crippen LogP contribution in [0.5, 0.6) is 0 Å². The largest absolute Gasteiger partial charge is 0.304 e. The molecule has 17 heavy (non-hydrogen) atoms. The summed E-state index contributed by atoms with van der Waals surface area (Å²) in [5, 5.41) is 0. The lowest BCUT2D eigenvalue weighted by molar-refractivity contribution is -0.114. The monoisotopic (exact) mass is 291 g/mol. The van der Waals surface area contributed by atoms with E-state index in [-0.39, 0.29) is 0 Å². The number of fused-ring (bicyclic) bond motifs is 1. The average Bonchev–Trinajstić information content (AvgIpc) is 2.54. The number of Topliss-reactive ketones (excluding diaryl/α,β-unsaturated/α-hetero) is 1. The molecule has 0 aliphatic carbocycles. The molecule has 1 amide bonds. The fraction of sp³-hybridized carbons (Fsp3) is 0.231. The minimum absolute atomic E-state index is 0.433. The Morgan fingerprint density at radius 3 is 2.82 bits per heavy atom. The van der Waals surface area contributed by atoms with Crippen molar-refractivity contribution in [1.82, 2.24) is 0 Å². The third-order valence-corrected chi connectivity index (χ3v) is 3.07. The van der Waals surface area contributed by atoms with Gasteiger partial charge in [-0.15, -0.1) is 11.8 Å². The van der Waals surface area contributed by atoms with Gasteiger partial charge in [0, 0.05) is 17.4 Å². The molecule has 0 bridgehead atoms. The number of rotatable bonds is 2. The number of halogens is 1. The van der Waals surface area contributed by atoms with Crippen LogP contribution in [0.15, 0.2) is 22.7 Å². The zero-order valence-corrected chi connectivity index (χ0v) is 10.9. The van der Waals surface area contributed by atoms with Gasteiger partial charge in [0.2, 0.25) is 0 Å². The Morgan fingerprint density at radius 2 is 2.12 bits per heavy atom. The number of carbonyl (C=O) groups is 2. The van der Waals surface area contributed by atoms with Crippen molar-refractivity contribution in [3.8, 4) is 11.8 Å². The maximum Gasteiger partial charge on any atom is 0.299 e. The molecule has 0 spiro atoms. The van der Waals surface area contributed by atoms with Gasteiger partial charge in [0.1, 0.15) is 0 Å². The van der Waals surface area contributed by atoms with Gasteiger partial charge < -0.3 is 4.90 Å². The van der Waals surface area contributed by atoms with Crippen molar-refractivity contribution < 1.29 is 9.59 Å². The van der Waals surface area contributed by atoms with Gasteiger partial charge in [0.25, 0.3) is 11.7 Å². The molecular weight excluding hydrogens is 282 g/mol. The number of anilines is 1. The molecule has 0 N–H and O–H groups in total. The Bertz CT molecular complexity index is 554. The fourth-order valence-electron chi connectivity index (χ4n) is 1.78. The second kappa shape index (κ2) is 4.72. The Morgan fingerprint density at radius 1 is 1.35 bits per heavy atom. The summed E-state index contributed by atoms with van der Waals surface area (Å²) >= 11 is 3.34. The Kier molecular flexibility index (Phi) is 3.30. The van der Waals surface area contributed by atoms with Crippen molar-refractivity contribution in [3.63, 3.8) is 0 Å². The molecule has 0 atom stereocenters. The number of carbonyl (C=O) groups excluding carboxylic acids is 2. The molecule has 0 unspecified atom stereocenters. The molecule has 0 radical (unpaired) electrons. The number of nitrogens with zero attached hydrogens (tertiary/aromatic N) is 1. The van der Waals surface area contributed by atoms with E-state index >= 15 is 0 Å². The van der Waals surface area contributed by atoms with Crippen molar-refractivity contribution in [3.05, 3.63) is 28.2 Å². The summed E-state index contributed by atoms with van der Waals surface area (Å²) in [4.78, 5) is 25.0. The van der Waals surface area contributed by atoms with E-state index < -0.39 is 11.7 Å². The van der Waals surface area contributed by atoms with Gasteiger partial charge in [0.05, 0.1) is 11.3 Å². The van der Waals surface area contributed by atoms with Gasteiger partial charge in [-0.25, -0.2) is 0 Å². The SMILES string of the molecule is CC#CCCN1C(=O)C(=O)c2ccc(Br)cc21. The van der Waals surface area contributed by atoms with Crippen LogP contribution >= 0.6 is 15.9 Å². The highest BCUT2D eigenvalue weighted by molar-refractivity contribution is 9.10. The Balaban J connectivity index is 2.34. The summed E-state index contributed by atoms with van der Waals surface area (Å²) in [7, 11) is 0. The van der Waals surface area contributed by atoms with Crippen LogP contribution in [-0.4, -0.2) is 18.2 Å². The van der Waals surface area contributed by atoms with Gasteiger partial charge in [0.15, 0.2) is 0 Å². The molecule has 1 aliphatic rings. The molecule has 1 heterocycles. The van der Waals surface area contributed by atoms with E-state index in [2.05, 4.69) is 27.8 Å². The highest BCUT2D eigenvalue weighted by atomic mass is 79.9. The molecule has 2 rings (SSSR count). The number of hydrogen-bond acceptors (Lipinski definition) is 2. The van der Waals surface area contributed by atoms with Gasteiger partial charge in [-0.1, -0.05) is 15.9 Å².